The lowest BCUT2D eigenvalue weighted by Gasteiger charge is -2.30. The Hall–Kier alpha value is -2.67. The maximum atomic E-state index is 11.4. The summed E-state index contributed by atoms with van der Waals surface area (Å²) in [6.07, 6.45) is 2.29. The van der Waals surface area contributed by atoms with Crippen LogP contribution in [0.1, 0.15) is 24.9 Å². The van der Waals surface area contributed by atoms with Gasteiger partial charge in [-0.3, -0.25) is 15.3 Å². The molecule has 2 aromatic heterocycles. The number of hydrogen-bond acceptors (Lipinski definition) is 4. The van der Waals surface area contributed by atoms with E-state index in [1.807, 2.05) is 18.2 Å². The third-order valence-electron chi connectivity index (χ3n) is 4.05. The van der Waals surface area contributed by atoms with Crippen LogP contribution in [-0.4, -0.2) is 26.1 Å². The van der Waals surface area contributed by atoms with Crippen molar-refractivity contribution in [3.63, 3.8) is 0 Å². The molecule has 2 unspecified atom stereocenters. The molecule has 2 atom stereocenters. The smallest absolute Gasteiger partial charge is 0.234 e. The number of nitrogens with one attached hydrogen (secondary N) is 4. The maximum absolute atomic E-state index is 11.4. The highest BCUT2D eigenvalue weighted by Crippen LogP contribution is 2.29. The van der Waals surface area contributed by atoms with Crippen LogP contribution in [0.2, 0.25) is 0 Å². The molecular weight excluding hydrogens is 280 g/mol. The van der Waals surface area contributed by atoms with Crippen LogP contribution in [0.15, 0.2) is 30.5 Å². The Morgan fingerprint density at radius 3 is 2.95 bits per heavy atom. The molecule has 4 rings (SSSR count). The van der Waals surface area contributed by atoms with E-state index in [4.69, 9.17) is 0 Å². The Morgan fingerprint density at radius 1 is 1.27 bits per heavy atom. The van der Waals surface area contributed by atoms with E-state index in [0.717, 1.165) is 28.1 Å². The number of nitrogens with zero attached hydrogens (tertiary/aromatic N) is 2. The molecule has 3 heterocycles. The molecule has 4 N–H and O–H groups in total. The number of amides is 1. The number of aromatic nitrogens is 4. The Balaban J connectivity index is 1.70. The average Bonchev–Trinajstić information content (AvgIpc) is 3.15. The van der Waals surface area contributed by atoms with Crippen LogP contribution in [0.4, 0.5) is 0 Å². The summed E-state index contributed by atoms with van der Waals surface area (Å²) in [4.78, 5) is 19.3. The number of carbonyl (C=O) groups excluding carboxylic acids is 1. The summed E-state index contributed by atoms with van der Waals surface area (Å²) in [6, 6.07) is 8.08. The molecule has 0 bridgehead atoms. The van der Waals surface area contributed by atoms with E-state index < -0.39 is 0 Å². The lowest BCUT2D eigenvalue weighted by molar-refractivity contribution is -0.125. The van der Waals surface area contributed by atoms with Gasteiger partial charge in [-0.1, -0.05) is 13.0 Å². The van der Waals surface area contributed by atoms with E-state index in [-0.39, 0.29) is 17.9 Å². The van der Waals surface area contributed by atoms with Crippen molar-refractivity contribution in [3.8, 4) is 11.5 Å². The lowest BCUT2D eigenvalue weighted by Crippen LogP contribution is -2.48. The number of H-pyrrole nitrogens is 2. The molecule has 0 saturated carbocycles. The summed E-state index contributed by atoms with van der Waals surface area (Å²) in [5.41, 5.74) is 9.54. The van der Waals surface area contributed by atoms with E-state index in [9.17, 15) is 4.79 Å². The first-order chi connectivity index (χ1) is 10.7. The summed E-state index contributed by atoms with van der Waals surface area (Å²) in [5.74, 6) is 1.01. The van der Waals surface area contributed by atoms with Gasteiger partial charge in [0.2, 0.25) is 5.91 Å². The van der Waals surface area contributed by atoms with Crippen molar-refractivity contribution in [2.45, 2.75) is 19.4 Å². The summed E-state index contributed by atoms with van der Waals surface area (Å²) in [6.45, 7) is 2.07. The normalized spacial score (nSPS) is 22.0. The first-order valence-corrected chi connectivity index (χ1v) is 7.25. The van der Waals surface area contributed by atoms with Gasteiger partial charge < -0.3 is 4.98 Å². The second kappa shape index (κ2) is 4.96. The third kappa shape index (κ3) is 2.15. The summed E-state index contributed by atoms with van der Waals surface area (Å²) >= 11 is 0. The first kappa shape index (κ1) is 13.0. The SMILES string of the molecule is CC1CC(=O)NNC1c1ccc2[nH]c(-c3cc[nH]n3)nc2c1. The third-order valence-corrected chi connectivity index (χ3v) is 4.05. The van der Waals surface area contributed by atoms with Gasteiger partial charge in [-0.05, 0) is 29.7 Å². The summed E-state index contributed by atoms with van der Waals surface area (Å²) in [5, 5.41) is 6.92. The van der Waals surface area contributed by atoms with Gasteiger partial charge in [0.15, 0.2) is 5.82 Å². The fourth-order valence-corrected chi connectivity index (χ4v) is 2.90. The van der Waals surface area contributed by atoms with Crippen LogP contribution in [0.25, 0.3) is 22.6 Å². The zero-order chi connectivity index (χ0) is 15.1. The van der Waals surface area contributed by atoms with Gasteiger partial charge in [-0.15, -0.1) is 0 Å². The number of hydrogen-bond donors (Lipinski definition) is 4. The minimum atomic E-state index is 0.0328. The minimum Gasteiger partial charge on any atom is -0.337 e. The van der Waals surface area contributed by atoms with Crippen molar-refractivity contribution < 1.29 is 4.79 Å². The molecule has 22 heavy (non-hydrogen) atoms. The van der Waals surface area contributed by atoms with Gasteiger partial charge in [0.25, 0.3) is 0 Å². The first-order valence-electron chi connectivity index (χ1n) is 7.25. The van der Waals surface area contributed by atoms with Crippen molar-refractivity contribution in [2.24, 2.45) is 5.92 Å². The molecule has 0 spiro atoms. The molecule has 1 saturated heterocycles. The largest absolute Gasteiger partial charge is 0.337 e. The molecule has 7 nitrogen and oxygen atoms in total. The predicted molar refractivity (Wildman–Crippen MR) is 81.5 cm³/mol. The highest BCUT2D eigenvalue weighted by Gasteiger charge is 2.26. The van der Waals surface area contributed by atoms with Crippen LogP contribution in [0.5, 0.6) is 0 Å². The molecule has 3 aromatic rings. The van der Waals surface area contributed by atoms with E-state index >= 15 is 0 Å². The maximum Gasteiger partial charge on any atom is 0.234 e. The van der Waals surface area contributed by atoms with Gasteiger partial charge in [-0.25, -0.2) is 10.4 Å². The molecule has 7 heteroatoms. The van der Waals surface area contributed by atoms with Crippen LogP contribution in [0.3, 0.4) is 0 Å². The molecule has 1 aliphatic rings. The molecule has 0 aliphatic carbocycles. The number of fused-ring (bicyclic) bond motifs is 1. The zero-order valence-corrected chi connectivity index (χ0v) is 12.1. The Bertz CT molecular complexity index is 822. The number of aromatic amines is 2. The molecule has 1 aromatic carbocycles. The molecular formula is C15H16N6O. The van der Waals surface area contributed by atoms with E-state index in [2.05, 4.69) is 44.0 Å². The fraction of sp³-hybridized carbons (Fsp3) is 0.267. The van der Waals surface area contributed by atoms with Crippen molar-refractivity contribution >= 4 is 16.9 Å². The van der Waals surface area contributed by atoms with Crippen molar-refractivity contribution in [1.82, 2.24) is 31.0 Å². The minimum absolute atomic E-state index is 0.0328. The second-order valence-corrected chi connectivity index (χ2v) is 5.67. The van der Waals surface area contributed by atoms with Crippen LogP contribution < -0.4 is 10.9 Å². The molecule has 1 amide bonds. The van der Waals surface area contributed by atoms with Gasteiger partial charge >= 0.3 is 0 Å². The Kier molecular flexibility index (Phi) is 2.93. The van der Waals surface area contributed by atoms with Crippen LogP contribution >= 0.6 is 0 Å². The zero-order valence-electron chi connectivity index (χ0n) is 12.1. The van der Waals surface area contributed by atoms with E-state index in [1.165, 1.54) is 0 Å². The average molecular weight is 296 g/mol. The number of imidazole rings is 1. The Labute approximate surface area is 126 Å². The second-order valence-electron chi connectivity index (χ2n) is 5.67. The molecule has 0 radical (unpaired) electrons. The van der Waals surface area contributed by atoms with Crippen molar-refractivity contribution in [1.29, 1.82) is 0 Å². The fourth-order valence-electron chi connectivity index (χ4n) is 2.90. The van der Waals surface area contributed by atoms with Crippen molar-refractivity contribution in [3.05, 3.63) is 36.0 Å². The van der Waals surface area contributed by atoms with Gasteiger partial charge in [-0.2, -0.15) is 5.10 Å². The number of hydrazine groups is 1. The monoisotopic (exact) mass is 296 g/mol. The molecule has 1 fully saturated rings. The molecule has 1 aliphatic heterocycles. The molecule has 112 valence electrons. The quantitative estimate of drug-likeness (QED) is 0.578. The Morgan fingerprint density at radius 2 is 2.18 bits per heavy atom. The predicted octanol–water partition coefficient (Wildman–Crippen LogP) is 1.65. The van der Waals surface area contributed by atoms with Gasteiger partial charge in [0, 0.05) is 12.6 Å². The number of carbonyl (C=O) groups is 1. The number of benzene rings is 1. The highest BCUT2D eigenvalue weighted by molar-refractivity contribution is 5.80. The standard InChI is InChI=1S/C15H16N6O/c1-8-6-13(22)20-21-14(8)9-2-3-10-12(7-9)18-15(17-10)11-4-5-16-19-11/h2-5,7-8,14,21H,6H2,1H3,(H,16,19)(H,17,18)(H,20,22). The van der Waals surface area contributed by atoms with Gasteiger partial charge in [0.1, 0.15) is 5.69 Å². The van der Waals surface area contributed by atoms with Crippen LogP contribution in [-0.2, 0) is 4.79 Å². The van der Waals surface area contributed by atoms with Crippen LogP contribution in [0, 0.1) is 5.92 Å². The lowest BCUT2D eigenvalue weighted by atomic mass is 9.90. The van der Waals surface area contributed by atoms with E-state index in [0.29, 0.717) is 6.42 Å². The number of rotatable bonds is 2. The topological polar surface area (TPSA) is 98.5 Å². The summed E-state index contributed by atoms with van der Waals surface area (Å²) < 4.78 is 0. The van der Waals surface area contributed by atoms with Crippen molar-refractivity contribution in [2.75, 3.05) is 0 Å². The summed E-state index contributed by atoms with van der Waals surface area (Å²) in [7, 11) is 0. The van der Waals surface area contributed by atoms with Gasteiger partial charge in [0.05, 0.1) is 17.1 Å². The highest BCUT2D eigenvalue weighted by atomic mass is 16.2. The van der Waals surface area contributed by atoms with E-state index in [1.54, 1.807) is 6.20 Å².